The van der Waals surface area contributed by atoms with Gasteiger partial charge in [-0.1, -0.05) is 49.0 Å². The van der Waals surface area contributed by atoms with Gasteiger partial charge in [-0.15, -0.1) is 0 Å². The number of benzene rings is 1. The predicted octanol–water partition coefficient (Wildman–Crippen LogP) is 3.54. The largest absolute Gasteiger partial charge is 0.459 e. The lowest BCUT2D eigenvalue weighted by Gasteiger charge is -2.36. The smallest absolute Gasteiger partial charge is 0.326 e. The third kappa shape index (κ3) is 3.40. The van der Waals surface area contributed by atoms with E-state index in [1.807, 2.05) is 6.92 Å². The van der Waals surface area contributed by atoms with E-state index in [4.69, 9.17) is 27.9 Å². The molecule has 1 saturated heterocycles. The van der Waals surface area contributed by atoms with Crippen molar-refractivity contribution in [1.82, 2.24) is 10.2 Å². The van der Waals surface area contributed by atoms with Crippen LogP contribution in [0.1, 0.15) is 38.2 Å². The molecule has 2 aliphatic rings. The van der Waals surface area contributed by atoms with Gasteiger partial charge in [0.1, 0.15) is 18.7 Å². The normalized spacial score (nSPS) is 25.5. The van der Waals surface area contributed by atoms with Crippen molar-refractivity contribution in [2.24, 2.45) is 5.92 Å². The molecular weight excluding hydrogens is 379 g/mol. The van der Waals surface area contributed by atoms with Crippen molar-refractivity contribution in [3.8, 4) is 0 Å². The third-order valence-corrected chi connectivity index (χ3v) is 5.94. The molecule has 26 heavy (non-hydrogen) atoms. The zero-order chi connectivity index (χ0) is 18.9. The van der Waals surface area contributed by atoms with Gasteiger partial charge in [-0.25, -0.2) is 4.79 Å². The third-order valence-electron chi connectivity index (χ3n) is 5.23. The summed E-state index contributed by atoms with van der Waals surface area (Å²) in [7, 11) is 0. The van der Waals surface area contributed by atoms with Crippen molar-refractivity contribution in [2.75, 3.05) is 6.54 Å². The van der Waals surface area contributed by atoms with Gasteiger partial charge in [0, 0.05) is 15.6 Å². The number of imide groups is 1. The van der Waals surface area contributed by atoms with Gasteiger partial charge in [-0.3, -0.25) is 14.5 Å². The minimum absolute atomic E-state index is 0.0376. The van der Waals surface area contributed by atoms with E-state index in [0.29, 0.717) is 22.0 Å². The highest BCUT2D eigenvalue weighted by Crippen LogP contribution is 2.38. The van der Waals surface area contributed by atoms with Gasteiger partial charge in [0.15, 0.2) is 0 Å². The molecule has 0 aromatic heterocycles. The molecule has 1 heterocycles. The molecule has 0 unspecified atom stereocenters. The molecule has 2 fully saturated rings. The van der Waals surface area contributed by atoms with E-state index in [0.717, 1.165) is 24.2 Å². The van der Waals surface area contributed by atoms with Crippen LogP contribution < -0.4 is 5.32 Å². The molecule has 8 heteroatoms. The van der Waals surface area contributed by atoms with Gasteiger partial charge in [0.2, 0.25) is 0 Å². The fraction of sp³-hybridized carbons (Fsp3) is 0.500. The number of hydrogen-bond acceptors (Lipinski definition) is 4. The number of halogens is 2. The number of esters is 1. The van der Waals surface area contributed by atoms with Gasteiger partial charge in [0.05, 0.1) is 0 Å². The Labute approximate surface area is 161 Å². The first-order valence-electron chi connectivity index (χ1n) is 8.58. The van der Waals surface area contributed by atoms with Gasteiger partial charge >= 0.3 is 12.0 Å². The lowest BCUT2D eigenvalue weighted by molar-refractivity contribution is -0.149. The Morgan fingerprint density at radius 3 is 2.65 bits per heavy atom. The maximum absolute atomic E-state index is 12.8. The number of amides is 3. The van der Waals surface area contributed by atoms with Crippen LogP contribution in [0.15, 0.2) is 18.2 Å². The standard InChI is InChI=1S/C18H20Cl2N2O4/c1-11-5-2-3-8-18(11)16(24)22(17(25)21-18)9-15(23)26-10-12-13(19)6-4-7-14(12)20/h4,6-7,11H,2-3,5,8-10H2,1H3,(H,21,25)/t11-,18+/m0/s1. The summed E-state index contributed by atoms with van der Waals surface area (Å²) >= 11 is 12.1. The molecule has 1 aliphatic heterocycles. The van der Waals surface area contributed by atoms with Gasteiger partial charge < -0.3 is 10.1 Å². The Kier molecular flexibility index (Phi) is 5.44. The molecule has 3 amide bonds. The van der Waals surface area contributed by atoms with Crippen LogP contribution in [0.25, 0.3) is 0 Å². The number of nitrogens with one attached hydrogen (secondary N) is 1. The first kappa shape index (κ1) is 19.0. The first-order chi connectivity index (χ1) is 12.3. The Balaban J connectivity index is 1.64. The van der Waals surface area contributed by atoms with Crippen molar-refractivity contribution < 1.29 is 19.1 Å². The predicted molar refractivity (Wildman–Crippen MR) is 96.9 cm³/mol. The van der Waals surface area contributed by atoms with E-state index < -0.39 is 24.1 Å². The SMILES string of the molecule is C[C@H]1CCCC[C@@]12NC(=O)N(CC(=O)OCc1c(Cl)cccc1Cl)C2=O. The molecule has 1 aliphatic carbocycles. The van der Waals surface area contributed by atoms with Crippen LogP contribution in [0.2, 0.25) is 10.0 Å². The second-order valence-electron chi connectivity index (χ2n) is 6.80. The molecule has 1 N–H and O–H groups in total. The van der Waals surface area contributed by atoms with Crippen LogP contribution in [-0.2, 0) is 20.9 Å². The molecule has 140 valence electrons. The second-order valence-corrected chi connectivity index (χ2v) is 7.61. The van der Waals surface area contributed by atoms with Crippen LogP contribution in [0.3, 0.4) is 0 Å². The summed E-state index contributed by atoms with van der Waals surface area (Å²) in [6.45, 7) is 1.41. The summed E-state index contributed by atoms with van der Waals surface area (Å²) < 4.78 is 5.17. The molecule has 1 aromatic carbocycles. The summed E-state index contributed by atoms with van der Waals surface area (Å²) in [5.41, 5.74) is -0.402. The van der Waals surface area contributed by atoms with Crippen LogP contribution in [0.4, 0.5) is 4.79 Å². The number of carbonyl (C=O) groups is 3. The number of rotatable bonds is 4. The maximum atomic E-state index is 12.8. The molecule has 0 bridgehead atoms. The van der Waals surface area contributed by atoms with Crippen molar-refractivity contribution in [3.63, 3.8) is 0 Å². The van der Waals surface area contributed by atoms with E-state index in [1.165, 1.54) is 0 Å². The fourth-order valence-corrected chi connectivity index (χ4v) is 4.14. The van der Waals surface area contributed by atoms with Crippen molar-refractivity contribution in [1.29, 1.82) is 0 Å². The van der Waals surface area contributed by atoms with Crippen molar-refractivity contribution in [3.05, 3.63) is 33.8 Å². The number of carbonyl (C=O) groups excluding carboxylic acids is 3. The minimum atomic E-state index is -0.887. The Morgan fingerprint density at radius 1 is 1.31 bits per heavy atom. The van der Waals surface area contributed by atoms with Crippen LogP contribution in [0.5, 0.6) is 0 Å². The summed E-state index contributed by atoms with van der Waals surface area (Å²) in [5.74, 6) is -0.997. The number of ether oxygens (including phenoxy) is 1. The number of urea groups is 1. The molecule has 1 spiro atoms. The maximum Gasteiger partial charge on any atom is 0.326 e. The molecule has 6 nitrogen and oxygen atoms in total. The van der Waals surface area contributed by atoms with E-state index >= 15 is 0 Å². The van der Waals surface area contributed by atoms with Gasteiger partial charge in [-0.05, 0) is 30.9 Å². The van der Waals surface area contributed by atoms with E-state index in [9.17, 15) is 14.4 Å². The first-order valence-corrected chi connectivity index (χ1v) is 9.33. The number of hydrogen-bond donors (Lipinski definition) is 1. The van der Waals surface area contributed by atoms with E-state index in [1.54, 1.807) is 18.2 Å². The molecule has 1 aromatic rings. The fourth-order valence-electron chi connectivity index (χ4n) is 3.64. The summed E-state index contributed by atoms with van der Waals surface area (Å²) in [4.78, 5) is 38.2. The summed E-state index contributed by atoms with van der Waals surface area (Å²) in [6, 6.07) is 4.43. The van der Waals surface area contributed by atoms with E-state index in [2.05, 4.69) is 5.32 Å². The zero-order valence-corrected chi connectivity index (χ0v) is 15.9. The highest BCUT2D eigenvalue weighted by molar-refractivity contribution is 6.35. The lowest BCUT2D eigenvalue weighted by atomic mass is 9.73. The molecule has 3 rings (SSSR count). The topological polar surface area (TPSA) is 75.7 Å². The average molecular weight is 399 g/mol. The second kappa shape index (κ2) is 7.45. The molecule has 1 saturated carbocycles. The van der Waals surface area contributed by atoms with Crippen molar-refractivity contribution >= 4 is 41.1 Å². The molecule has 2 atom stereocenters. The van der Waals surface area contributed by atoms with Crippen LogP contribution in [-0.4, -0.2) is 34.9 Å². The Hall–Kier alpha value is -1.79. The highest BCUT2D eigenvalue weighted by atomic mass is 35.5. The van der Waals surface area contributed by atoms with Gasteiger partial charge in [-0.2, -0.15) is 0 Å². The van der Waals surface area contributed by atoms with Crippen LogP contribution in [0, 0.1) is 5.92 Å². The van der Waals surface area contributed by atoms with Gasteiger partial charge in [0.25, 0.3) is 5.91 Å². The Bertz CT molecular complexity index is 734. The quantitative estimate of drug-likeness (QED) is 0.621. The molecular formula is C18H20Cl2N2O4. The van der Waals surface area contributed by atoms with E-state index in [-0.39, 0.29) is 18.4 Å². The number of nitrogens with zero attached hydrogens (tertiary/aromatic N) is 1. The molecule has 0 radical (unpaired) electrons. The summed E-state index contributed by atoms with van der Waals surface area (Å²) in [6.07, 6.45) is 3.38. The summed E-state index contributed by atoms with van der Waals surface area (Å²) in [5, 5.41) is 3.57. The monoisotopic (exact) mass is 398 g/mol. The highest BCUT2D eigenvalue weighted by Gasteiger charge is 2.55. The zero-order valence-electron chi connectivity index (χ0n) is 14.4. The minimum Gasteiger partial charge on any atom is -0.459 e. The lowest BCUT2D eigenvalue weighted by Crippen LogP contribution is -2.54. The Morgan fingerprint density at radius 2 is 2.00 bits per heavy atom. The average Bonchev–Trinajstić information content (AvgIpc) is 2.82. The van der Waals surface area contributed by atoms with Crippen molar-refractivity contribution in [2.45, 2.75) is 44.8 Å². The van der Waals surface area contributed by atoms with Crippen LogP contribution >= 0.6 is 23.2 Å².